The molecule has 4 nitrogen and oxygen atoms in total. The Morgan fingerprint density at radius 3 is 2.57 bits per heavy atom. The number of rotatable bonds is 3. The highest BCUT2D eigenvalue weighted by atomic mass is 19.4. The van der Waals surface area contributed by atoms with E-state index in [1.807, 2.05) is 18.2 Å². The monoisotopic (exact) mass is 383 g/mol. The fraction of sp³-hybridized carbons (Fsp3) is 0.190. The normalized spacial score (nSPS) is 16.3. The van der Waals surface area contributed by atoms with Crippen LogP contribution in [0.3, 0.4) is 0 Å². The average Bonchev–Trinajstić information content (AvgIpc) is 2.70. The van der Waals surface area contributed by atoms with E-state index in [-0.39, 0.29) is 0 Å². The second-order valence-electron chi connectivity index (χ2n) is 6.57. The molecule has 0 spiro atoms. The van der Waals surface area contributed by atoms with Gasteiger partial charge in [-0.1, -0.05) is 25.1 Å². The van der Waals surface area contributed by atoms with Crippen LogP contribution in [0.1, 0.15) is 36.1 Å². The SMILES string of the molecule is CC1CC=C(Oc2cc(-c3ccc(C(F)(F)F)cc3)ncn2)c2ncccc21. The lowest BCUT2D eigenvalue weighted by molar-refractivity contribution is -0.137. The zero-order valence-corrected chi connectivity index (χ0v) is 14.9. The summed E-state index contributed by atoms with van der Waals surface area (Å²) in [4.78, 5) is 12.7. The largest absolute Gasteiger partial charge is 0.437 e. The number of allylic oxidation sites excluding steroid dienone is 1. The summed E-state index contributed by atoms with van der Waals surface area (Å²) in [6.07, 6.45) is 1.46. The average molecular weight is 383 g/mol. The smallest absolute Gasteiger partial charge is 0.416 e. The molecule has 0 fully saturated rings. The van der Waals surface area contributed by atoms with Gasteiger partial charge >= 0.3 is 6.18 Å². The van der Waals surface area contributed by atoms with Crippen LogP contribution >= 0.6 is 0 Å². The highest BCUT2D eigenvalue weighted by Gasteiger charge is 2.30. The minimum absolute atomic E-state index is 0.308. The van der Waals surface area contributed by atoms with Crippen molar-refractivity contribution in [1.29, 1.82) is 0 Å². The number of hydrogen-bond donors (Lipinski definition) is 0. The Balaban J connectivity index is 1.60. The molecule has 1 aromatic carbocycles. The van der Waals surface area contributed by atoms with E-state index >= 15 is 0 Å². The first kappa shape index (κ1) is 18.2. The Labute approximate surface area is 159 Å². The molecule has 0 aliphatic heterocycles. The number of aromatic nitrogens is 3. The van der Waals surface area contributed by atoms with Crippen LogP contribution < -0.4 is 4.74 Å². The fourth-order valence-electron chi connectivity index (χ4n) is 3.11. The molecule has 142 valence electrons. The molecule has 0 saturated carbocycles. The Morgan fingerprint density at radius 2 is 1.82 bits per heavy atom. The molecule has 1 atom stereocenters. The van der Waals surface area contributed by atoms with Gasteiger partial charge in [-0.3, -0.25) is 4.98 Å². The minimum Gasteiger partial charge on any atom is -0.437 e. The summed E-state index contributed by atoms with van der Waals surface area (Å²) < 4.78 is 44.2. The van der Waals surface area contributed by atoms with Crippen molar-refractivity contribution in [2.24, 2.45) is 0 Å². The quantitative estimate of drug-likeness (QED) is 0.601. The van der Waals surface area contributed by atoms with E-state index in [0.29, 0.717) is 28.8 Å². The standard InChI is InChI=1S/C21H16F3N3O/c1-13-4-9-18(20-16(13)3-2-10-25-20)28-19-11-17(26-12-27-19)14-5-7-15(8-6-14)21(22,23)24/h2-3,5-13H,4H2,1H3. The van der Waals surface area contributed by atoms with Crippen LogP contribution in [0, 0.1) is 0 Å². The number of fused-ring (bicyclic) bond motifs is 1. The Morgan fingerprint density at radius 1 is 1.04 bits per heavy atom. The summed E-state index contributed by atoms with van der Waals surface area (Å²) >= 11 is 0. The van der Waals surface area contributed by atoms with Gasteiger partial charge in [0.15, 0.2) is 5.76 Å². The summed E-state index contributed by atoms with van der Waals surface area (Å²) in [5.74, 6) is 1.28. The third-order valence-corrected chi connectivity index (χ3v) is 4.62. The van der Waals surface area contributed by atoms with Crippen molar-refractivity contribution in [3.63, 3.8) is 0 Å². The van der Waals surface area contributed by atoms with Gasteiger partial charge < -0.3 is 4.74 Å². The molecule has 2 aromatic heterocycles. The van der Waals surface area contributed by atoms with Crippen molar-refractivity contribution >= 4 is 5.76 Å². The molecule has 3 aromatic rings. The van der Waals surface area contributed by atoms with Gasteiger partial charge in [-0.05, 0) is 42.2 Å². The lowest BCUT2D eigenvalue weighted by atomic mass is 9.91. The number of hydrogen-bond acceptors (Lipinski definition) is 4. The summed E-state index contributed by atoms with van der Waals surface area (Å²) in [6, 6.07) is 10.3. The van der Waals surface area contributed by atoms with Crippen molar-refractivity contribution in [1.82, 2.24) is 15.0 Å². The van der Waals surface area contributed by atoms with Crippen molar-refractivity contribution in [3.8, 4) is 17.1 Å². The van der Waals surface area contributed by atoms with Crippen molar-refractivity contribution in [2.75, 3.05) is 0 Å². The maximum Gasteiger partial charge on any atom is 0.416 e. The minimum atomic E-state index is -4.37. The van der Waals surface area contributed by atoms with Gasteiger partial charge in [0.2, 0.25) is 5.88 Å². The van der Waals surface area contributed by atoms with Crippen molar-refractivity contribution < 1.29 is 17.9 Å². The third kappa shape index (κ3) is 3.60. The number of nitrogens with zero attached hydrogens (tertiary/aromatic N) is 3. The van der Waals surface area contributed by atoms with Crippen LogP contribution in [0.4, 0.5) is 13.2 Å². The molecule has 0 bridgehead atoms. The molecule has 2 heterocycles. The maximum absolute atomic E-state index is 12.7. The molecular formula is C21H16F3N3O. The highest BCUT2D eigenvalue weighted by Crippen LogP contribution is 2.34. The molecule has 0 N–H and O–H groups in total. The zero-order chi connectivity index (χ0) is 19.7. The van der Waals surface area contributed by atoms with Gasteiger partial charge in [-0.25, -0.2) is 9.97 Å². The van der Waals surface area contributed by atoms with Gasteiger partial charge in [0.05, 0.1) is 11.3 Å². The predicted molar refractivity (Wildman–Crippen MR) is 98.3 cm³/mol. The van der Waals surface area contributed by atoms with Crippen LogP contribution in [0.15, 0.2) is 61.1 Å². The van der Waals surface area contributed by atoms with Gasteiger partial charge in [0.25, 0.3) is 0 Å². The predicted octanol–water partition coefficient (Wildman–Crippen LogP) is 5.48. The molecule has 1 unspecified atom stereocenters. The number of halogens is 3. The molecule has 28 heavy (non-hydrogen) atoms. The number of pyridine rings is 1. The zero-order valence-electron chi connectivity index (χ0n) is 14.9. The topological polar surface area (TPSA) is 47.9 Å². The second-order valence-corrected chi connectivity index (χ2v) is 6.57. The van der Waals surface area contributed by atoms with E-state index in [1.165, 1.54) is 18.5 Å². The number of ether oxygens (including phenoxy) is 1. The summed E-state index contributed by atoms with van der Waals surface area (Å²) in [6.45, 7) is 2.13. The molecule has 0 amide bonds. The Bertz CT molecular complexity index is 1030. The molecule has 0 saturated heterocycles. The fourth-order valence-corrected chi connectivity index (χ4v) is 3.11. The summed E-state index contributed by atoms with van der Waals surface area (Å²) in [5.41, 5.74) is 2.20. The van der Waals surface area contributed by atoms with E-state index in [9.17, 15) is 13.2 Å². The van der Waals surface area contributed by atoms with Crippen LogP contribution in [0.2, 0.25) is 0 Å². The van der Waals surface area contributed by atoms with E-state index in [1.54, 1.807) is 12.3 Å². The van der Waals surface area contributed by atoms with Gasteiger partial charge in [-0.2, -0.15) is 13.2 Å². The number of alkyl halides is 3. The molecule has 4 rings (SSSR count). The first-order valence-corrected chi connectivity index (χ1v) is 8.75. The van der Waals surface area contributed by atoms with E-state index in [0.717, 1.165) is 29.8 Å². The van der Waals surface area contributed by atoms with Crippen LogP contribution in [0.25, 0.3) is 17.0 Å². The molecular weight excluding hydrogens is 367 g/mol. The maximum atomic E-state index is 12.7. The molecule has 1 aliphatic carbocycles. The summed E-state index contributed by atoms with van der Waals surface area (Å²) in [5, 5.41) is 0. The lowest BCUT2D eigenvalue weighted by Crippen LogP contribution is -2.10. The molecule has 1 aliphatic rings. The van der Waals surface area contributed by atoms with Crippen LogP contribution in [-0.4, -0.2) is 15.0 Å². The Kier molecular flexibility index (Phi) is 4.58. The highest BCUT2D eigenvalue weighted by molar-refractivity contribution is 5.65. The summed E-state index contributed by atoms with van der Waals surface area (Å²) in [7, 11) is 0. The Hall–Kier alpha value is -3.22. The second kappa shape index (κ2) is 7.07. The lowest BCUT2D eigenvalue weighted by Gasteiger charge is -2.21. The van der Waals surface area contributed by atoms with Gasteiger partial charge in [-0.15, -0.1) is 0 Å². The number of benzene rings is 1. The van der Waals surface area contributed by atoms with Crippen molar-refractivity contribution in [2.45, 2.75) is 25.4 Å². The van der Waals surface area contributed by atoms with Crippen molar-refractivity contribution in [3.05, 3.63) is 77.9 Å². The molecule has 7 heteroatoms. The first-order valence-electron chi connectivity index (χ1n) is 8.75. The van der Waals surface area contributed by atoms with E-state index in [2.05, 4.69) is 21.9 Å². The van der Waals surface area contributed by atoms with Gasteiger partial charge in [0, 0.05) is 17.8 Å². The first-order chi connectivity index (χ1) is 13.4. The van der Waals surface area contributed by atoms with Gasteiger partial charge in [0.1, 0.15) is 12.0 Å². The van der Waals surface area contributed by atoms with Crippen LogP contribution in [-0.2, 0) is 6.18 Å². The van der Waals surface area contributed by atoms with E-state index in [4.69, 9.17) is 4.74 Å². The third-order valence-electron chi connectivity index (χ3n) is 4.62. The van der Waals surface area contributed by atoms with E-state index < -0.39 is 11.7 Å². The van der Waals surface area contributed by atoms with Crippen LogP contribution in [0.5, 0.6) is 5.88 Å². The molecule has 0 radical (unpaired) electrons.